The van der Waals surface area contributed by atoms with Crippen molar-refractivity contribution in [2.75, 3.05) is 26.1 Å². The fourth-order valence-corrected chi connectivity index (χ4v) is 0.978. The summed E-state index contributed by atoms with van der Waals surface area (Å²) in [4.78, 5) is 2.00. The number of ether oxygens (including phenoxy) is 1. The molecule has 0 amide bonds. The van der Waals surface area contributed by atoms with Gasteiger partial charge in [-0.15, -0.1) is 0 Å². The van der Waals surface area contributed by atoms with Crippen LogP contribution in [0.5, 0.6) is 5.75 Å². The predicted octanol–water partition coefficient (Wildman–Crippen LogP) is 1.82. The molecule has 2 radical (unpaired) electrons. The molecule has 0 atom stereocenters. The van der Waals surface area contributed by atoms with Gasteiger partial charge in [-0.3, -0.25) is 0 Å². The average Bonchev–Trinajstić information content (AvgIpc) is 2.05. The smallest absolute Gasteiger partial charge is 0.124 e. The van der Waals surface area contributed by atoms with Crippen molar-refractivity contribution in [3.05, 3.63) is 30.7 Å². The van der Waals surface area contributed by atoms with Crippen LogP contribution in [0.3, 0.4) is 0 Å². The van der Waals surface area contributed by atoms with Crippen LogP contribution in [0.25, 0.3) is 0 Å². The van der Waals surface area contributed by atoms with Gasteiger partial charge in [0, 0.05) is 32.8 Å². The standard InChI is InChI=1S/C10H13NO/c1-8-5-6-9(11(2)3)7-10(8)12-4/h1,5-7H,2-4H3. The van der Waals surface area contributed by atoms with Crippen LogP contribution in [0.15, 0.2) is 18.2 Å². The van der Waals surface area contributed by atoms with Crippen molar-refractivity contribution in [3.63, 3.8) is 0 Å². The van der Waals surface area contributed by atoms with E-state index >= 15 is 0 Å². The molecule has 0 saturated heterocycles. The Morgan fingerprint density at radius 3 is 2.50 bits per heavy atom. The zero-order chi connectivity index (χ0) is 9.14. The van der Waals surface area contributed by atoms with Gasteiger partial charge in [-0.1, -0.05) is 6.07 Å². The van der Waals surface area contributed by atoms with Crippen molar-refractivity contribution in [2.45, 2.75) is 0 Å². The van der Waals surface area contributed by atoms with E-state index in [-0.39, 0.29) is 0 Å². The van der Waals surface area contributed by atoms with Gasteiger partial charge in [0.25, 0.3) is 0 Å². The van der Waals surface area contributed by atoms with Crippen molar-refractivity contribution in [1.82, 2.24) is 0 Å². The van der Waals surface area contributed by atoms with E-state index in [2.05, 4.69) is 0 Å². The first-order chi connectivity index (χ1) is 5.65. The summed E-state index contributed by atoms with van der Waals surface area (Å²) in [5.74, 6) is 0.723. The van der Waals surface area contributed by atoms with E-state index in [0.717, 1.165) is 11.4 Å². The Kier molecular flexibility index (Phi) is 2.58. The molecule has 0 bridgehead atoms. The lowest BCUT2D eigenvalue weighted by Crippen LogP contribution is -2.08. The molecule has 1 aromatic carbocycles. The highest BCUT2D eigenvalue weighted by Crippen LogP contribution is 2.23. The molecule has 64 valence electrons. The van der Waals surface area contributed by atoms with Gasteiger partial charge in [-0.05, 0) is 11.6 Å². The van der Waals surface area contributed by atoms with Crippen LogP contribution in [-0.4, -0.2) is 21.2 Å². The SMILES string of the molecule is [CH]c1ccc(N(C)C)cc1OC. The number of nitrogens with zero attached hydrogens (tertiary/aromatic N) is 1. The highest BCUT2D eigenvalue weighted by atomic mass is 16.5. The number of hydrogen-bond donors (Lipinski definition) is 0. The van der Waals surface area contributed by atoms with Crippen molar-refractivity contribution in [2.24, 2.45) is 0 Å². The lowest BCUT2D eigenvalue weighted by atomic mass is 10.2. The van der Waals surface area contributed by atoms with Crippen LogP contribution in [0.4, 0.5) is 5.69 Å². The first-order valence-electron chi connectivity index (χ1n) is 3.76. The maximum absolute atomic E-state index is 5.66. The van der Waals surface area contributed by atoms with Crippen LogP contribution in [-0.2, 0) is 0 Å². The predicted molar refractivity (Wildman–Crippen MR) is 50.7 cm³/mol. The van der Waals surface area contributed by atoms with Gasteiger partial charge < -0.3 is 9.64 Å². The monoisotopic (exact) mass is 163 g/mol. The number of hydrogen-bond acceptors (Lipinski definition) is 2. The summed E-state index contributed by atoms with van der Waals surface area (Å²) in [6.07, 6.45) is 0. The van der Waals surface area contributed by atoms with Gasteiger partial charge in [0.1, 0.15) is 5.75 Å². The summed E-state index contributed by atoms with van der Waals surface area (Å²) in [6.45, 7) is 5.66. The molecule has 0 fully saturated rings. The maximum atomic E-state index is 5.66. The molecule has 0 aromatic heterocycles. The van der Waals surface area contributed by atoms with Crippen LogP contribution >= 0.6 is 0 Å². The molecule has 2 heteroatoms. The summed E-state index contributed by atoms with van der Waals surface area (Å²) >= 11 is 0. The summed E-state index contributed by atoms with van der Waals surface area (Å²) in [5, 5.41) is 0. The minimum atomic E-state index is 0.670. The van der Waals surface area contributed by atoms with Gasteiger partial charge in [-0.2, -0.15) is 0 Å². The Hall–Kier alpha value is -1.18. The van der Waals surface area contributed by atoms with Crippen LogP contribution in [0.1, 0.15) is 5.56 Å². The van der Waals surface area contributed by atoms with E-state index < -0.39 is 0 Å². The average molecular weight is 163 g/mol. The molecule has 0 N–H and O–H groups in total. The molecule has 1 rings (SSSR count). The fourth-order valence-electron chi connectivity index (χ4n) is 0.978. The molecular weight excluding hydrogens is 150 g/mol. The Balaban J connectivity index is 3.05. The molecule has 0 aliphatic heterocycles. The van der Waals surface area contributed by atoms with Crippen molar-refractivity contribution < 1.29 is 4.74 Å². The van der Waals surface area contributed by atoms with Crippen molar-refractivity contribution in [3.8, 4) is 5.75 Å². The van der Waals surface area contributed by atoms with Crippen LogP contribution < -0.4 is 9.64 Å². The van der Waals surface area contributed by atoms with E-state index in [1.165, 1.54) is 0 Å². The first-order valence-corrected chi connectivity index (χ1v) is 3.76. The molecule has 2 nitrogen and oxygen atoms in total. The number of anilines is 1. The molecule has 0 aliphatic carbocycles. The quantitative estimate of drug-likeness (QED) is 0.659. The second-order valence-corrected chi connectivity index (χ2v) is 2.82. The third-order valence-corrected chi connectivity index (χ3v) is 1.73. The third-order valence-electron chi connectivity index (χ3n) is 1.73. The summed E-state index contributed by atoms with van der Waals surface area (Å²) in [5.41, 5.74) is 1.75. The number of benzene rings is 1. The lowest BCUT2D eigenvalue weighted by Gasteiger charge is -2.14. The Morgan fingerprint density at radius 1 is 1.33 bits per heavy atom. The highest BCUT2D eigenvalue weighted by molar-refractivity contribution is 5.53. The second kappa shape index (κ2) is 3.48. The summed E-state index contributed by atoms with van der Waals surface area (Å²) in [7, 11) is 5.57. The summed E-state index contributed by atoms with van der Waals surface area (Å²) in [6, 6.07) is 5.71. The van der Waals surface area contributed by atoms with Crippen molar-refractivity contribution in [1.29, 1.82) is 0 Å². The van der Waals surface area contributed by atoms with Gasteiger partial charge in [0.05, 0.1) is 7.11 Å². The zero-order valence-corrected chi connectivity index (χ0v) is 7.66. The Morgan fingerprint density at radius 2 is 2.00 bits per heavy atom. The molecule has 0 saturated carbocycles. The molecular formula is C10H13NO. The van der Waals surface area contributed by atoms with Crippen molar-refractivity contribution >= 4 is 5.69 Å². The minimum absolute atomic E-state index is 0.670. The highest BCUT2D eigenvalue weighted by Gasteiger charge is 2.00. The molecule has 0 heterocycles. The van der Waals surface area contributed by atoms with Crippen LogP contribution in [0.2, 0.25) is 0 Å². The zero-order valence-electron chi connectivity index (χ0n) is 7.66. The first kappa shape index (κ1) is 8.91. The van der Waals surface area contributed by atoms with Gasteiger partial charge in [0.2, 0.25) is 0 Å². The van der Waals surface area contributed by atoms with Gasteiger partial charge in [-0.25, -0.2) is 0 Å². The Bertz CT molecular complexity index is 269. The van der Waals surface area contributed by atoms with E-state index in [0.29, 0.717) is 5.56 Å². The largest absolute Gasteiger partial charge is 0.496 e. The molecule has 0 aliphatic rings. The van der Waals surface area contributed by atoms with E-state index in [1.54, 1.807) is 7.11 Å². The maximum Gasteiger partial charge on any atom is 0.124 e. The third kappa shape index (κ3) is 1.70. The molecule has 1 aromatic rings. The fraction of sp³-hybridized carbons (Fsp3) is 0.300. The topological polar surface area (TPSA) is 12.5 Å². The second-order valence-electron chi connectivity index (χ2n) is 2.82. The van der Waals surface area contributed by atoms with Gasteiger partial charge in [0.15, 0.2) is 0 Å². The number of methoxy groups -OCH3 is 1. The minimum Gasteiger partial charge on any atom is -0.496 e. The van der Waals surface area contributed by atoms with E-state index in [9.17, 15) is 0 Å². The van der Waals surface area contributed by atoms with E-state index in [4.69, 9.17) is 11.7 Å². The lowest BCUT2D eigenvalue weighted by molar-refractivity contribution is 0.413. The normalized spacial score (nSPS) is 9.67. The number of rotatable bonds is 2. The Labute approximate surface area is 73.8 Å². The van der Waals surface area contributed by atoms with E-state index in [1.807, 2.05) is 37.2 Å². The van der Waals surface area contributed by atoms with Crippen LogP contribution in [0, 0.1) is 6.92 Å². The summed E-state index contributed by atoms with van der Waals surface area (Å²) < 4.78 is 5.08. The molecule has 12 heavy (non-hydrogen) atoms. The molecule has 0 unspecified atom stereocenters. The van der Waals surface area contributed by atoms with Gasteiger partial charge >= 0.3 is 0 Å². The molecule has 0 spiro atoms.